The van der Waals surface area contributed by atoms with Crippen LogP contribution >= 0.6 is 0 Å². The number of pyridine rings is 1. The third-order valence-corrected chi connectivity index (χ3v) is 4.81. The lowest BCUT2D eigenvalue weighted by molar-refractivity contribution is 0.0942. The zero-order chi connectivity index (χ0) is 16.7. The Bertz CT molecular complexity index is 746. The van der Waals surface area contributed by atoms with Gasteiger partial charge in [-0.3, -0.25) is 9.78 Å². The molecule has 0 radical (unpaired) electrons. The molecule has 1 aliphatic rings. The minimum atomic E-state index is -0.600. The molecule has 0 spiro atoms. The SMILES string of the molecule is CC1(C)CC1(CNC(=O)c1ccccn1)c1ccc(F)cc1F. The van der Waals surface area contributed by atoms with Gasteiger partial charge in [0.05, 0.1) is 0 Å². The molecule has 1 N–H and O–H groups in total. The molecule has 1 aromatic heterocycles. The lowest BCUT2D eigenvalue weighted by Gasteiger charge is -2.22. The van der Waals surface area contributed by atoms with E-state index in [-0.39, 0.29) is 17.9 Å². The molecule has 120 valence electrons. The minimum Gasteiger partial charge on any atom is -0.350 e. The van der Waals surface area contributed by atoms with Gasteiger partial charge in [0.2, 0.25) is 0 Å². The van der Waals surface area contributed by atoms with Crippen molar-refractivity contribution in [3.05, 3.63) is 65.5 Å². The number of aromatic nitrogens is 1. The highest BCUT2D eigenvalue weighted by Gasteiger charge is 2.62. The quantitative estimate of drug-likeness (QED) is 0.938. The van der Waals surface area contributed by atoms with Crippen LogP contribution in [0.4, 0.5) is 8.78 Å². The van der Waals surface area contributed by atoms with E-state index >= 15 is 0 Å². The zero-order valence-electron chi connectivity index (χ0n) is 13.1. The zero-order valence-corrected chi connectivity index (χ0v) is 13.1. The Morgan fingerprint density at radius 3 is 2.57 bits per heavy atom. The molecule has 5 heteroatoms. The number of rotatable bonds is 4. The number of amides is 1. The van der Waals surface area contributed by atoms with Crippen molar-refractivity contribution in [2.45, 2.75) is 25.7 Å². The molecule has 2 aromatic rings. The molecule has 0 aliphatic heterocycles. The van der Waals surface area contributed by atoms with E-state index in [0.29, 0.717) is 11.3 Å². The Morgan fingerprint density at radius 2 is 2.00 bits per heavy atom. The summed E-state index contributed by atoms with van der Waals surface area (Å²) in [6.07, 6.45) is 2.27. The summed E-state index contributed by atoms with van der Waals surface area (Å²) in [6, 6.07) is 8.72. The summed E-state index contributed by atoms with van der Waals surface area (Å²) in [6.45, 7) is 4.32. The summed E-state index contributed by atoms with van der Waals surface area (Å²) < 4.78 is 27.4. The van der Waals surface area contributed by atoms with Crippen LogP contribution in [0.15, 0.2) is 42.6 Å². The molecule has 0 saturated heterocycles. The van der Waals surface area contributed by atoms with E-state index in [1.807, 2.05) is 13.8 Å². The van der Waals surface area contributed by atoms with Gasteiger partial charge in [-0.1, -0.05) is 26.0 Å². The van der Waals surface area contributed by atoms with E-state index in [1.54, 1.807) is 24.4 Å². The van der Waals surface area contributed by atoms with E-state index in [1.165, 1.54) is 12.1 Å². The van der Waals surface area contributed by atoms with Crippen LogP contribution < -0.4 is 5.32 Å². The number of nitrogens with zero attached hydrogens (tertiary/aromatic N) is 1. The molecule has 1 saturated carbocycles. The molecule has 0 bridgehead atoms. The van der Waals surface area contributed by atoms with Crippen LogP contribution in [0.25, 0.3) is 0 Å². The number of carbonyl (C=O) groups is 1. The number of halogens is 2. The maximum Gasteiger partial charge on any atom is 0.269 e. The van der Waals surface area contributed by atoms with Crippen LogP contribution in [0.2, 0.25) is 0 Å². The number of nitrogens with one attached hydrogen (secondary N) is 1. The van der Waals surface area contributed by atoms with Crippen molar-refractivity contribution < 1.29 is 13.6 Å². The standard InChI is InChI=1S/C18H18F2N2O/c1-17(2)10-18(17,13-7-6-12(19)9-14(13)20)11-22-16(23)15-5-3-4-8-21-15/h3-9H,10-11H2,1-2H3,(H,22,23). The van der Waals surface area contributed by atoms with Gasteiger partial charge in [0.15, 0.2) is 0 Å². The van der Waals surface area contributed by atoms with E-state index in [4.69, 9.17) is 0 Å². The Balaban J connectivity index is 1.82. The topological polar surface area (TPSA) is 42.0 Å². The maximum absolute atomic E-state index is 14.2. The molecular weight excluding hydrogens is 298 g/mol. The van der Waals surface area contributed by atoms with Gasteiger partial charge >= 0.3 is 0 Å². The predicted octanol–water partition coefficient (Wildman–Crippen LogP) is 3.46. The van der Waals surface area contributed by atoms with Crippen molar-refractivity contribution in [2.24, 2.45) is 5.41 Å². The van der Waals surface area contributed by atoms with Crippen LogP contribution in [0.5, 0.6) is 0 Å². The molecular formula is C18H18F2N2O. The maximum atomic E-state index is 14.2. The first-order chi connectivity index (χ1) is 10.9. The molecule has 1 heterocycles. The second-order valence-electron chi connectivity index (χ2n) is 6.66. The van der Waals surface area contributed by atoms with Gasteiger partial charge < -0.3 is 5.32 Å². The van der Waals surface area contributed by atoms with Crippen LogP contribution in [-0.4, -0.2) is 17.4 Å². The van der Waals surface area contributed by atoms with Crippen LogP contribution in [0, 0.1) is 17.0 Å². The first-order valence-electron chi connectivity index (χ1n) is 7.50. The predicted molar refractivity (Wildman–Crippen MR) is 83.0 cm³/mol. The Hall–Kier alpha value is -2.30. The fourth-order valence-electron chi connectivity index (χ4n) is 3.26. The van der Waals surface area contributed by atoms with Crippen molar-refractivity contribution in [3.63, 3.8) is 0 Å². The first-order valence-corrected chi connectivity index (χ1v) is 7.50. The fourth-order valence-corrected chi connectivity index (χ4v) is 3.26. The van der Waals surface area contributed by atoms with Gasteiger partial charge in [0.25, 0.3) is 5.91 Å². The molecule has 3 rings (SSSR count). The molecule has 1 amide bonds. The minimum absolute atomic E-state index is 0.164. The normalized spacial score (nSPS) is 21.7. The lowest BCUT2D eigenvalue weighted by Crippen LogP contribution is -2.35. The molecule has 3 nitrogen and oxygen atoms in total. The highest BCUT2D eigenvalue weighted by molar-refractivity contribution is 5.92. The second kappa shape index (κ2) is 5.41. The third kappa shape index (κ3) is 2.71. The average Bonchev–Trinajstić information content (AvgIpc) is 3.08. The number of carbonyl (C=O) groups excluding carboxylic acids is 1. The summed E-state index contributed by atoms with van der Waals surface area (Å²) in [5.74, 6) is -1.46. The largest absolute Gasteiger partial charge is 0.350 e. The molecule has 1 unspecified atom stereocenters. The molecule has 1 aliphatic carbocycles. The van der Waals surface area contributed by atoms with Crippen LogP contribution in [0.3, 0.4) is 0 Å². The van der Waals surface area contributed by atoms with Gasteiger partial charge in [-0.25, -0.2) is 8.78 Å². The highest BCUT2D eigenvalue weighted by Crippen LogP contribution is 2.64. The summed E-state index contributed by atoms with van der Waals surface area (Å²) in [7, 11) is 0. The third-order valence-electron chi connectivity index (χ3n) is 4.81. The summed E-state index contributed by atoms with van der Waals surface area (Å²) in [5.41, 5.74) is 0.0871. The van der Waals surface area contributed by atoms with E-state index in [2.05, 4.69) is 10.3 Å². The van der Waals surface area contributed by atoms with E-state index in [0.717, 1.165) is 12.5 Å². The van der Waals surface area contributed by atoms with Crippen molar-refractivity contribution in [3.8, 4) is 0 Å². The molecule has 1 fully saturated rings. The van der Waals surface area contributed by atoms with Gasteiger partial charge in [-0.05, 0) is 35.6 Å². The van der Waals surface area contributed by atoms with Gasteiger partial charge in [0.1, 0.15) is 17.3 Å². The molecule has 1 aromatic carbocycles. The Labute approximate surface area is 133 Å². The smallest absolute Gasteiger partial charge is 0.269 e. The monoisotopic (exact) mass is 316 g/mol. The molecule has 23 heavy (non-hydrogen) atoms. The Morgan fingerprint density at radius 1 is 1.26 bits per heavy atom. The van der Waals surface area contributed by atoms with Crippen molar-refractivity contribution in [2.75, 3.05) is 6.54 Å². The summed E-state index contributed by atoms with van der Waals surface area (Å²) in [4.78, 5) is 16.2. The Kier molecular flexibility index (Phi) is 3.66. The van der Waals surface area contributed by atoms with Crippen LogP contribution in [-0.2, 0) is 5.41 Å². The van der Waals surface area contributed by atoms with E-state index < -0.39 is 17.0 Å². The second-order valence-corrected chi connectivity index (χ2v) is 6.66. The highest BCUT2D eigenvalue weighted by atomic mass is 19.1. The van der Waals surface area contributed by atoms with Gasteiger partial charge in [0, 0.05) is 24.2 Å². The average molecular weight is 316 g/mol. The van der Waals surface area contributed by atoms with Gasteiger partial charge in [-0.15, -0.1) is 0 Å². The number of hydrogen-bond acceptors (Lipinski definition) is 2. The van der Waals surface area contributed by atoms with Crippen LogP contribution in [0.1, 0.15) is 36.3 Å². The lowest BCUT2D eigenvalue weighted by atomic mass is 9.87. The first kappa shape index (κ1) is 15.6. The molecule has 1 atom stereocenters. The number of hydrogen-bond donors (Lipinski definition) is 1. The number of benzene rings is 1. The van der Waals surface area contributed by atoms with E-state index in [9.17, 15) is 13.6 Å². The summed E-state index contributed by atoms with van der Waals surface area (Å²) in [5, 5.41) is 2.84. The van der Waals surface area contributed by atoms with Crippen molar-refractivity contribution >= 4 is 5.91 Å². The van der Waals surface area contributed by atoms with Crippen molar-refractivity contribution in [1.29, 1.82) is 0 Å². The van der Waals surface area contributed by atoms with Crippen molar-refractivity contribution in [1.82, 2.24) is 10.3 Å². The summed E-state index contributed by atoms with van der Waals surface area (Å²) >= 11 is 0. The fraction of sp³-hybridized carbons (Fsp3) is 0.333. The van der Waals surface area contributed by atoms with Gasteiger partial charge in [-0.2, -0.15) is 0 Å².